The second kappa shape index (κ2) is 11.5. The number of benzene rings is 3. The first-order valence-corrected chi connectivity index (χ1v) is 11.4. The molecule has 4 rings (SSSR count). The highest BCUT2D eigenvalue weighted by atomic mass is 19.1. The van der Waals surface area contributed by atoms with Gasteiger partial charge in [-0.2, -0.15) is 0 Å². The molecule has 0 aliphatic carbocycles. The second-order valence-electron chi connectivity index (χ2n) is 8.35. The lowest BCUT2D eigenvalue weighted by atomic mass is 10.0. The summed E-state index contributed by atoms with van der Waals surface area (Å²) in [5, 5.41) is 12.1. The molecule has 0 fully saturated rings. The quantitative estimate of drug-likeness (QED) is 0.298. The minimum Gasteiger partial charge on any atom is -0.497 e. The number of aromatic carboxylic acids is 1. The molecule has 8 heteroatoms. The van der Waals surface area contributed by atoms with Gasteiger partial charge in [0.1, 0.15) is 11.6 Å². The highest BCUT2D eigenvalue weighted by molar-refractivity contribution is 6.05. The fourth-order valence-electron chi connectivity index (χ4n) is 3.73. The molecule has 0 aliphatic rings. The van der Waals surface area contributed by atoms with Gasteiger partial charge in [0.2, 0.25) is 0 Å². The van der Waals surface area contributed by atoms with Crippen LogP contribution in [0.5, 0.6) is 5.75 Å². The number of hydrogen-bond donors (Lipinski definition) is 2. The molecular weight excluding hydrogens is 475 g/mol. The molecule has 0 bridgehead atoms. The molecule has 1 heterocycles. The predicted molar refractivity (Wildman–Crippen MR) is 137 cm³/mol. The van der Waals surface area contributed by atoms with E-state index in [2.05, 4.69) is 10.3 Å². The molecule has 0 atom stereocenters. The number of carboxylic acid groups (broad SMARTS) is 1. The second-order valence-corrected chi connectivity index (χ2v) is 8.35. The van der Waals surface area contributed by atoms with Crippen molar-refractivity contribution in [3.63, 3.8) is 0 Å². The zero-order chi connectivity index (χ0) is 26.4. The van der Waals surface area contributed by atoms with E-state index in [1.807, 2.05) is 24.3 Å². The number of carboxylic acids is 1. The molecule has 4 aromatic rings. The average molecular weight is 501 g/mol. The molecule has 7 nitrogen and oxygen atoms in total. The maximum atomic E-state index is 14.7. The number of methoxy groups -OCH3 is 1. The van der Waals surface area contributed by atoms with Crippen LogP contribution >= 0.6 is 0 Å². The van der Waals surface area contributed by atoms with E-state index in [4.69, 9.17) is 9.47 Å². The Balaban J connectivity index is 1.41. The fraction of sp³-hybridized carbons (Fsp3) is 0.138. The Kier molecular flexibility index (Phi) is 7.90. The van der Waals surface area contributed by atoms with Crippen LogP contribution < -0.4 is 10.1 Å². The predicted octanol–water partition coefficient (Wildman–Crippen LogP) is 5.87. The molecule has 0 unspecified atom stereocenters. The molecule has 0 saturated carbocycles. The number of hydrogen-bond acceptors (Lipinski definition) is 5. The first-order valence-electron chi connectivity index (χ1n) is 11.4. The molecular formula is C29H25FN2O5. The number of nitrogens with zero attached hydrogens (tertiary/aromatic N) is 1. The number of rotatable bonds is 9. The standard InChI is InChI=1S/C29H25FN2O5/c1-18-26(29(34)35)13-23(15-31-18)20-6-4-7-21(12-20)28(33)32-24-10-9-22(27(30)14-24)17-37-16-19-5-3-8-25(11-19)36-2/h3-15H,16-17H2,1-2H3,(H,32,33)(H,34,35). The molecule has 0 radical (unpaired) electrons. The molecule has 37 heavy (non-hydrogen) atoms. The number of nitrogens with one attached hydrogen (secondary N) is 1. The lowest BCUT2D eigenvalue weighted by molar-refractivity contribution is 0.0695. The highest BCUT2D eigenvalue weighted by Gasteiger charge is 2.13. The van der Waals surface area contributed by atoms with Crippen LogP contribution in [0, 0.1) is 12.7 Å². The Morgan fingerprint density at radius 2 is 1.78 bits per heavy atom. The summed E-state index contributed by atoms with van der Waals surface area (Å²) in [6.45, 7) is 1.99. The molecule has 0 saturated heterocycles. The molecule has 0 aliphatic heterocycles. The SMILES string of the molecule is COc1cccc(COCc2ccc(NC(=O)c3cccc(-c4cnc(C)c(C(=O)O)c4)c3)cc2F)c1. The van der Waals surface area contributed by atoms with Gasteiger partial charge >= 0.3 is 5.97 Å². The van der Waals surface area contributed by atoms with Crippen molar-refractivity contribution in [2.45, 2.75) is 20.1 Å². The van der Waals surface area contributed by atoms with E-state index in [1.54, 1.807) is 56.6 Å². The largest absolute Gasteiger partial charge is 0.497 e. The van der Waals surface area contributed by atoms with Gasteiger partial charge in [-0.05, 0) is 60.5 Å². The monoisotopic (exact) mass is 500 g/mol. The van der Waals surface area contributed by atoms with Crippen LogP contribution in [0.1, 0.15) is 37.5 Å². The number of pyridine rings is 1. The van der Waals surface area contributed by atoms with E-state index in [0.29, 0.717) is 40.2 Å². The Labute approximate surface area is 213 Å². The number of amides is 1. The summed E-state index contributed by atoms with van der Waals surface area (Å²) in [5.41, 5.74) is 3.61. The summed E-state index contributed by atoms with van der Waals surface area (Å²) in [6.07, 6.45) is 1.56. The Morgan fingerprint density at radius 1 is 0.973 bits per heavy atom. The van der Waals surface area contributed by atoms with Gasteiger partial charge in [-0.25, -0.2) is 9.18 Å². The molecule has 188 valence electrons. The van der Waals surface area contributed by atoms with E-state index in [9.17, 15) is 19.1 Å². The number of carbonyl (C=O) groups excluding carboxylic acids is 1. The Hall–Kier alpha value is -4.56. The number of carbonyl (C=O) groups is 2. The highest BCUT2D eigenvalue weighted by Crippen LogP contribution is 2.23. The van der Waals surface area contributed by atoms with Crippen LogP contribution in [0.15, 0.2) is 79.0 Å². The first kappa shape index (κ1) is 25.5. The van der Waals surface area contributed by atoms with Crippen molar-refractivity contribution < 1.29 is 28.6 Å². The van der Waals surface area contributed by atoms with Crippen molar-refractivity contribution in [2.75, 3.05) is 12.4 Å². The molecule has 0 spiro atoms. The lowest BCUT2D eigenvalue weighted by Gasteiger charge is -2.10. The van der Waals surface area contributed by atoms with Gasteiger partial charge in [0.05, 0.1) is 31.6 Å². The van der Waals surface area contributed by atoms with E-state index < -0.39 is 17.7 Å². The van der Waals surface area contributed by atoms with Crippen molar-refractivity contribution in [3.8, 4) is 16.9 Å². The van der Waals surface area contributed by atoms with E-state index in [0.717, 1.165) is 11.3 Å². The summed E-state index contributed by atoms with van der Waals surface area (Å²) < 4.78 is 25.5. The Bertz CT molecular complexity index is 1450. The molecule has 2 N–H and O–H groups in total. The maximum Gasteiger partial charge on any atom is 0.337 e. The van der Waals surface area contributed by atoms with Gasteiger partial charge in [0.25, 0.3) is 5.91 Å². The third-order valence-corrected chi connectivity index (χ3v) is 5.75. The van der Waals surface area contributed by atoms with Crippen LogP contribution in [0.25, 0.3) is 11.1 Å². The summed E-state index contributed by atoms with van der Waals surface area (Å²) in [7, 11) is 1.59. The normalized spacial score (nSPS) is 10.7. The van der Waals surface area contributed by atoms with Crippen molar-refractivity contribution >= 4 is 17.6 Å². The Morgan fingerprint density at radius 3 is 2.54 bits per heavy atom. The zero-order valence-corrected chi connectivity index (χ0v) is 20.3. The fourth-order valence-corrected chi connectivity index (χ4v) is 3.73. The summed E-state index contributed by atoms with van der Waals surface area (Å²) in [4.78, 5) is 28.4. The van der Waals surface area contributed by atoms with Crippen LogP contribution in [0.2, 0.25) is 0 Å². The van der Waals surface area contributed by atoms with Crippen molar-refractivity contribution in [3.05, 3.63) is 113 Å². The van der Waals surface area contributed by atoms with E-state index in [1.165, 1.54) is 12.1 Å². The number of anilines is 1. The number of halogens is 1. The molecule has 3 aromatic carbocycles. The van der Waals surface area contributed by atoms with Crippen molar-refractivity contribution in [2.24, 2.45) is 0 Å². The number of aromatic nitrogens is 1. The van der Waals surface area contributed by atoms with Gasteiger partial charge < -0.3 is 19.9 Å². The van der Waals surface area contributed by atoms with E-state index in [-0.39, 0.29) is 12.2 Å². The summed E-state index contributed by atoms with van der Waals surface area (Å²) in [5.74, 6) is -1.28. The van der Waals surface area contributed by atoms with Gasteiger partial charge in [0.15, 0.2) is 0 Å². The van der Waals surface area contributed by atoms with Gasteiger partial charge in [0, 0.05) is 28.6 Å². The maximum absolute atomic E-state index is 14.7. The smallest absolute Gasteiger partial charge is 0.337 e. The van der Waals surface area contributed by atoms with Gasteiger partial charge in [-0.1, -0.05) is 30.3 Å². The van der Waals surface area contributed by atoms with Gasteiger partial charge in [-0.15, -0.1) is 0 Å². The van der Waals surface area contributed by atoms with Crippen LogP contribution in [0.3, 0.4) is 0 Å². The zero-order valence-electron chi connectivity index (χ0n) is 20.3. The third kappa shape index (κ3) is 6.36. The molecule has 1 aromatic heterocycles. The topological polar surface area (TPSA) is 97.8 Å². The number of ether oxygens (including phenoxy) is 2. The first-order chi connectivity index (χ1) is 17.8. The average Bonchev–Trinajstić information content (AvgIpc) is 2.90. The summed E-state index contributed by atoms with van der Waals surface area (Å²) in [6, 6.07) is 20.1. The van der Waals surface area contributed by atoms with Gasteiger partial charge in [-0.3, -0.25) is 9.78 Å². The minimum atomic E-state index is -1.07. The van der Waals surface area contributed by atoms with E-state index >= 15 is 0 Å². The van der Waals surface area contributed by atoms with Crippen molar-refractivity contribution in [1.82, 2.24) is 4.98 Å². The lowest BCUT2D eigenvalue weighted by Crippen LogP contribution is -2.12. The summed E-state index contributed by atoms with van der Waals surface area (Å²) >= 11 is 0. The van der Waals surface area contributed by atoms with Crippen LogP contribution in [0.4, 0.5) is 10.1 Å². The third-order valence-electron chi connectivity index (χ3n) is 5.75. The van der Waals surface area contributed by atoms with Crippen molar-refractivity contribution in [1.29, 1.82) is 0 Å². The minimum absolute atomic E-state index is 0.0717. The number of aryl methyl sites for hydroxylation is 1. The van der Waals surface area contributed by atoms with Crippen LogP contribution in [-0.4, -0.2) is 29.1 Å². The van der Waals surface area contributed by atoms with Crippen LogP contribution in [-0.2, 0) is 18.0 Å². The molecule has 1 amide bonds.